The Morgan fingerprint density at radius 2 is 1.84 bits per heavy atom. The van der Waals surface area contributed by atoms with Crippen molar-refractivity contribution in [3.63, 3.8) is 0 Å². The molecule has 0 amide bonds. The average Bonchev–Trinajstić information content (AvgIpc) is 3.04. The molecule has 3 aromatic rings. The van der Waals surface area contributed by atoms with Crippen LogP contribution in [0.25, 0.3) is 10.2 Å². The van der Waals surface area contributed by atoms with Gasteiger partial charge >= 0.3 is 0 Å². The molecule has 0 bridgehead atoms. The number of ketones is 1. The molecule has 3 rings (SSSR count). The number of hydrogen-bond acceptors (Lipinski definition) is 5. The van der Waals surface area contributed by atoms with Gasteiger partial charge in [-0.05, 0) is 30.5 Å². The molecule has 0 N–H and O–H groups in total. The van der Waals surface area contributed by atoms with Gasteiger partial charge in [-0.15, -0.1) is 11.3 Å². The van der Waals surface area contributed by atoms with Crippen LogP contribution in [0, 0.1) is 16.0 Å². The fourth-order valence-electron chi connectivity index (χ4n) is 2.83. The van der Waals surface area contributed by atoms with Crippen molar-refractivity contribution in [3.05, 3.63) is 75.3 Å². The van der Waals surface area contributed by atoms with Crippen molar-refractivity contribution in [2.24, 2.45) is 5.92 Å². The first-order valence-electron chi connectivity index (χ1n) is 8.16. The third kappa shape index (κ3) is 4.70. The fraction of sp³-hybridized carbons (Fsp3) is 0.263. The van der Waals surface area contributed by atoms with Crippen LogP contribution in [0.15, 0.2) is 54.6 Å². The lowest BCUT2D eigenvalue weighted by molar-refractivity contribution is -0.488. The lowest BCUT2D eigenvalue weighted by Crippen LogP contribution is -2.19. The van der Waals surface area contributed by atoms with Gasteiger partial charge in [0.1, 0.15) is 0 Å². The van der Waals surface area contributed by atoms with Crippen molar-refractivity contribution in [1.82, 2.24) is 4.98 Å². The number of benzene rings is 2. The Morgan fingerprint density at radius 1 is 1.12 bits per heavy atom. The van der Waals surface area contributed by atoms with E-state index in [-0.39, 0.29) is 29.6 Å². The highest BCUT2D eigenvalue weighted by Crippen LogP contribution is 2.24. The number of fused-ring (bicyclic) bond motifs is 1. The van der Waals surface area contributed by atoms with E-state index in [1.165, 1.54) is 11.3 Å². The summed E-state index contributed by atoms with van der Waals surface area (Å²) in [5, 5.41) is 11.4. The van der Waals surface area contributed by atoms with Gasteiger partial charge < -0.3 is 0 Å². The van der Waals surface area contributed by atoms with Gasteiger partial charge in [-0.25, -0.2) is 4.98 Å². The molecule has 0 aliphatic rings. The largest absolute Gasteiger partial charge is 0.291 e. The quantitative estimate of drug-likeness (QED) is 0.341. The maximum Gasteiger partial charge on any atom is 0.207 e. The summed E-state index contributed by atoms with van der Waals surface area (Å²) >= 11 is 1.35. The molecule has 0 aliphatic carbocycles. The smallest absolute Gasteiger partial charge is 0.207 e. The minimum Gasteiger partial charge on any atom is -0.291 e. The Balaban J connectivity index is 1.68. The molecule has 0 spiro atoms. The fourth-order valence-corrected chi connectivity index (χ4v) is 3.74. The number of Topliss-reactive ketones (excluding diaryl/α,β-unsaturated/α-hetero) is 1. The molecule has 0 unspecified atom stereocenters. The maximum absolute atomic E-state index is 12.5. The SMILES string of the molecule is O=C(C[C@@H](CCc1ccccc1)C[N+](=O)[O-])c1nc2ccccc2s1. The van der Waals surface area contributed by atoms with Gasteiger partial charge in [0.05, 0.1) is 10.2 Å². The second kappa shape index (κ2) is 7.98. The van der Waals surface area contributed by atoms with Crippen molar-refractivity contribution >= 4 is 27.3 Å². The predicted octanol–water partition coefficient (Wildman–Crippen LogP) is 4.39. The molecule has 5 nitrogen and oxygen atoms in total. The molecule has 0 fully saturated rings. The number of para-hydroxylation sites is 1. The first kappa shape index (κ1) is 17.2. The van der Waals surface area contributed by atoms with E-state index in [1.54, 1.807) is 0 Å². The van der Waals surface area contributed by atoms with Crippen LogP contribution >= 0.6 is 11.3 Å². The van der Waals surface area contributed by atoms with E-state index in [1.807, 2.05) is 54.6 Å². The monoisotopic (exact) mass is 354 g/mol. The molecular formula is C19H18N2O3S. The number of rotatable bonds is 8. The Morgan fingerprint density at radius 3 is 2.56 bits per heavy atom. The highest BCUT2D eigenvalue weighted by atomic mass is 32.1. The molecule has 0 aliphatic heterocycles. The van der Waals surface area contributed by atoms with E-state index in [4.69, 9.17) is 0 Å². The maximum atomic E-state index is 12.5. The van der Waals surface area contributed by atoms with Crippen LogP contribution in [0.4, 0.5) is 0 Å². The van der Waals surface area contributed by atoms with Crippen LogP contribution in [-0.2, 0) is 6.42 Å². The van der Waals surface area contributed by atoms with E-state index in [0.717, 1.165) is 22.2 Å². The van der Waals surface area contributed by atoms with Crippen LogP contribution in [-0.4, -0.2) is 22.2 Å². The second-order valence-corrected chi connectivity index (χ2v) is 7.05. The Kier molecular flexibility index (Phi) is 5.50. The molecule has 0 radical (unpaired) electrons. The van der Waals surface area contributed by atoms with Gasteiger partial charge in [-0.3, -0.25) is 14.9 Å². The zero-order chi connectivity index (χ0) is 17.6. The number of aryl methyl sites for hydroxylation is 1. The molecule has 0 saturated carbocycles. The minimum absolute atomic E-state index is 0.110. The Labute approximate surface area is 149 Å². The normalized spacial score (nSPS) is 12.2. The van der Waals surface area contributed by atoms with Gasteiger partial charge in [0.2, 0.25) is 6.54 Å². The first-order valence-corrected chi connectivity index (χ1v) is 8.98. The predicted molar refractivity (Wildman–Crippen MR) is 98.7 cm³/mol. The van der Waals surface area contributed by atoms with Crippen LogP contribution in [0.3, 0.4) is 0 Å². The first-order chi connectivity index (χ1) is 12.1. The number of nitro groups is 1. The number of aromatic nitrogens is 1. The van der Waals surface area contributed by atoms with E-state index in [9.17, 15) is 14.9 Å². The summed E-state index contributed by atoms with van der Waals surface area (Å²) in [6, 6.07) is 17.4. The van der Waals surface area contributed by atoms with Crippen LogP contribution in [0.1, 0.15) is 28.2 Å². The third-order valence-corrected chi connectivity index (χ3v) is 5.18. The number of hydrogen-bond donors (Lipinski definition) is 0. The topological polar surface area (TPSA) is 73.1 Å². The summed E-state index contributed by atoms with van der Waals surface area (Å²) in [6.07, 6.45) is 1.50. The average molecular weight is 354 g/mol. The molecule has 25 heavy (non-hydrogen) atoms. The van der Waals surface area contributed by atoms with Crippen LogP contribution in [0.5, 0.6) is 0 Å². The molecule has 1 aromatic heterocycles. The number of thiazole rings is 1. The summed E-state index contributed by atoms with van der Waals surface area (Å²) in [5.74, 6) is -0.393. The third-order valence-electron chi connectivity index (χ3n) is 4.10. The summed E-state index contributed by atoms with van der Waals surface area (Å²) in [7, 11) is 0. The molecule has 128 valence electrons. The zero-order valence-electron chi connectivity index (χ0n) is 13.6. The highest BCUT2D eigenvalue weighted by Gasteiger charge is 2.22. The minimum atomic E-state index is -0.332. The summed E-state index contributed by atoms with van der Waals surface area (Å²) in [6.45, 7) is -0.191. The Bertz CT molecular complexity index is 844. The van der Waals surface area contributed by atoms with E-state index < -0.39 is 0 Å². The van der Waals surface area contributed by atoms with Gasteiger partial charge in [-0.1, -0.05) is 42.5 Å². The zero-order valence-corrected chi connectivity index (χ0v) is 14.4. The van der Waals surface area contributed by atoms with E-state index >= 15 is 0 Å². The van der Waals surface area contributed by atoms with Crippen molar-refractivity contribution in [3.8, 4) is 0 Å². The summed E-state index contributed by atoms with van der Waals surface area (Å²) in [4.78, 5) is 27.5. The number of carbonyl (C=O) groups excluding carboxylic acids is 1. The van der Waals surface area contributed by atoms with Crippen molar-refractivity contribution in [2.75, 3.05) is 6.54 Å². The summed E-state index contributed by atoms with van der Waals surface area (Å²) < 4.78 is 0.959. The van der Waals surface area contributed by atoms with Crippen molar-refractivity contribution in [2.45, 2.75) is 19.3 Å². The number of carbonyl (C=O) groups is 1. The van der Waals surface area contributed by atoms with E-state index in [0.29, 0.717) is 11.4 Å². The molecule has 1 atom stereocenters. The standard InChI is InChI=1S/C19H18N2O3S/c22-17(19-20-16-8-4-5-9-18(16)25-19)12-15(13-21(23)24)11-10-14-6-2-1-3-7-14/h1-9,15H,10-13H2/t15-/m1/s1. The summed E-state index contributed by atoms with van der Waals surface area (Å²) in [5.41, 5.74) is 1.93. The van der Waals surface area contributed by atoms with Crippen molar-refractivity contribution in [1.29, 1.82) is 0 Å². The molecular weight excluding hydrogens is 336 g/mol. The van der Waals surface area contributed by atoms with Crippen LogP contribution < -0.4 is 0 Å². The van der Waals surface area contributed by atoms with Crippen LogP contribution in [0.2, 0.25) is 0 Å². The van der Waals surface area contributed by atoms with Gasteiger partial charge in [-0.2, -0.15) is 0 Å². The number of nitrogens with zero attached hydrogens (tertiary/aromatic N) is 2. The van der Waals surface area contributed by atoms with E-state index in [2.05, 4.69) is 4.98 Å². The second-order valence-electron chi connectivity index (χ2n) is 6.02. The van der Waals surface area contributed by atoms with Gasteiger partial charge in [0.15, 0.2) is 10.8 Å². The van der Waals surface area contributed by atoms with Crippen molar-refractivity contribution < 1.29 is 9.72 Å². The lowest BCUT2D eigenvalue weighted by atomic mass is 9.94. The highest BCUT2D eigenvalue weighted by molar-refractivity contribution is 7.20. The molecule has 1 heterocycles. The lowest BCUT2D eigenvalue weighted by Gasteiger charge is -2.11. The molecule has 0 saturated heterocycles. The van der Waals surface area contributed by atoms with Gasteiger partial charge in [0.25, 0.3) is 0 Å². The van der Waals surface area contributed by atoms with Gasteiger partial charge in [0, 0.05) is 17.3 Å². The molecule has 2 aromatic carbocycles. The molecule has 6 heteroatoms. The Hall–Kier alpha value is -2.60.